The lowest BCUT2D eigenvalue weighted by Gasteiger charge is -2.30. The van der Waals surface area contributed by atoms with Crippen molar-refractivity contribution in [2.24, 2.45) is 4.99 Å². The van der Waals surface area contributed by atoms with Gasteiger partial charge in [-0.05, 0) is 55.3 Å². The van der Waals surface area contributed by atoms with E-state index < -0.39 is 0 Å². The number of aromatic nitrogens is 1. The predicted molar refractivity (Wildman–Crippen MR) is 141 cm³/mol. The number of para-hydroxylation sites is 1. The molecule has 0 unspecified atom stereocenters. The van der Waals surface area contributed by atoms with Gasteiger partial charge in [-0.2, -0.15) is 0 Å². The predicted octanol–water partition coefficient (Wildman–Crippen LogP) is 6.26. The highest BCUT2D eigenvalue weighted by molar-refractivity contribution is 5.85. The van der Waals surface area contributed by atoms with Crippen molar-refractivity contribution in [1.29, 1.82) is 0 Å². The minimum atomic E-state index is 0.609. The molecule has 0 atom stereocenters. The molecule has 0 aliphatic carbocycles. The summed E-state index contributed by atoms with van der Waals surface area (Å²) in [7, 11) is 0. The zero-order chi connectivity index (χ0) is 23.5. The van der Waals surface area contributed by atoms with Gasteiger partial charge in [-0.3, -0.25) is 4.99 Å². The summed E-state index contributed by atoms with van der Waals surface area (Å²) in [6.45, 7) is 8.64. The SMILES string of the molecule is C=C(c1occc1CNc1ccc(N)c(/N=C\C=C/C)c1)N1CCc2c([nH]c3ccccc23)C1. The van der Waals surface area contributed by atoms with Gasteiger partial charge >= 0.3 is 0 Å². The Morgan fingerprint density at radius 3 is 3.03 bits per heavy atom. The van der Waals surface area contributed by atoms with Crippen LogP contribution in [0.5, 0.6) is 0 Å². The molecule has 0 spiro atoms. The van der Waals surface area contributed by atoms with E-state index >= 15 is 0 Å². The van der Waals surface area contributed by atoms with E-state index in [0.717, 1.165) is 47.9 Å². The van der Waals surface area contributed by atoms with Gasteiger partial charge in [-0.1, -0.05) is 30.9 Å². The minimum absolute atomic E-state index is 0.609. The molecule has 1 aliphatic heterocycles. The Balaban J connectivity index is 1.29. The third-order valence-corrected chi connectivity index (χ3v) is 6.28. The highest BCUT2D eigenvalue weighted by Crippen LogP contribution is 2.32. The molecule has 2 aromatic carbocycles. The first-order valence-electron chi connectivity index (χ1n) is 11.5. The Kier molecular flexibility index (Phi) is 5.95. The minimum Gasteiger partial charge on any atom is -0.462 e. The first-order valence-corrected chi connectivity index (χ1v) is 11.5. The van der Waals surface area contributed by atoms with Crippen molar-refractivity contribution >= 4 is 39.9 Å². The van der Waals surface area contributed by atoms with Crippen LogP contribution in [0.15, 0.2) is 82.9 Å². The summed E-state index contributed by atoms with van der Waals surface area (Å²) in [6.07, 6.45) is 8.25. The number of nitrogens with zero attached hydrogens (tertiary/aromatic N) is 2. The van der Waals surface area contributed by atoms with Crippen LogP contribution in [0.25, 0.3) is 16.6 Å². The van der Waals surface area contributed by atoms with Gasteiger partial charge in [0.15, 0.2) is 5.76 Å². The highest BCUT2D eigenvalue weighted by atomic mass is 16.3. The van der Waals surface area contributed by atoms with Crippen molar-refractivity contribution in [3.05, 3.63) is 96.1 Å². The summed E-state index contributed by atoms with van der Waals surface area (Å²) < 4.78 is 5.88. The normalized spacial score (nSPS) is 13.7. The van der Waals surface area contributed by atoms with Crippen molar-refractivity contribution in [2.45, 2.75) is 26.4 Å². The third kappa shape index (κ3) is 4.22. The van der Waals surface area contributed by atoms with Crippen LogP contribution in [0, 0.1) is 0 Å². The maximum Gasteiger partial charge on any atom is 0.154 e. The maximum absolute atomic E-state index is 6.07. The Morgan fingerprint density at radius 2 is 2.15 bits per heavy atom. The van der Waals surface area contributed by atoms with E-state index in [9.17, 15) is 0 Å². The zero-order valence-corrected chi connectivity index (χ0v) is 19.3. The van der Waals surface area contributed by atoms with E-state index in [0.29, 0.717) is 12.2 Å². The number of benzene rings is 2. The number of H-pyrrole nitrogens is 1. The average Bonchev–Trinajstić information content (AvgIpc) is 3.48. The molecule has 0 bridgehead atoms. The molecule has 4 N–H and O–H groups in total. The molecule has 1 aliphatic rings. The summed E-state index contributed by atoms with van der Waals surface area (Å²) in [6, 6.07) is 16.3. The summed E-state index contributed by atoms with van der Waals surface area (Å²) in [5, 5.41) is 4.79. The van der Waals surface area contributed by atoms with Crippen LogP contribution < -0.4 is 11.1 Å². The Bertz CT molecular complexity index is 1390. The summed E-state index contributed by atoms with van der Waals surface area (Å²) in [4.78, 5) is 10.3. The summed E-state index contributed by atoms with van der Waals surface area (Å²) >= 11 is 0. The molecule has 172 valence electrons. The lowest BCUT2D eigenvalue weighted by molar-refractivity contribution is 0.358. The molecule has 6 nitrogen and oxygen atoms in total. The first kappa shape index (κ1) is 21.6. The van der Waals surface area contributed by atoms with Crippen molar-refractivity contribution in [1.82, 2.24) is 9.88 Å². The molecule has 34 heavy (non-hydrogen) atoms. The van der Waals surface area contributed by atoms with E-state index in [1.165, 1.54) is 22.2 Å². The van der Waals surface area contributed by atoms with E-state index in [4.69, 9.17) is 10.2 Å². The number of aliphatic imine (C=N–C) groups is 1. The van der Waals surface area contributed by atoms with Crippen molar-refractivity contribution in [3.63, 3.8) is 0 Å². The van der Waals surface area contributed by atoms with Gasteiger partial charge in [0, 0.05) is 47.2 Å². The summed E-state index contributed by atoms with van der Waals surface area (Å²) in [5.74, 6) is 0.814. The monoisotopic (exact) mass is 451 g/mol. The Labute approximate surface area is 199 Å². The zero-order valence-electron chi connectivity index (χ0n) is 19.3. The fourth-order valence-electron chi connectivity index (χ4n) is 4.47. The molecule has 3 heterocycles. The van der Waals surface area contributed by atoms with Crippen molar-refractivity contribution in [2.75, 3.05) is 17.6 Å². The van der Waals surface area contributed by atoms with Crippen molar-refractivity contribution < 1.29 is 4.42 Å². The fourth-order valence-corrected chi connectivity index (χ4v) is 4.47. The van der Waals surface area contributed by atoms with Crippen molar-refractivity contribution in [3.8, 4) is 0 Å². The summed E-state index contributed by atoms with van der Waals surface area (Å²) in [5.41, 5.74) is 14.2. The molecule has 0 radical (unpaired) electrons. The standard InChI is InChI=1S/C28H29N5O/c1-3-4-13-30-26-16-21(9-10-24(26)29)31-17-20-12-15-34-28(20)19(2)33-14-11-23-22-7-5-6-8-25(22)32-27(23)18-33/h3-10,12-13,15-16,31-32H,2,11,14,17-18,29H2,1H3/b4-3-,30-13-. The lowest BCUT2D eigenvalue weighted by atomic mass is 10.0. The lowest BCUT2D eigenvalue weighted by Crippen LogP contribution is -2.29. The molecular formula is C28H29N5O. The Hall–Kier alpha value is -4.19. The smallest absolute Gasteiger partial charge is 0.154 e. The van der Waals surface area contributed by atoms with Gasteiger partial charge in [-0.25, -0.2) is 0 Å². The number of nitrogen functional groups attached to an aromatic ring is 1. The molecule has 2 aromatic heterocycles. The number of hydrogen-bond acceptors (Lipinski definition) is 5. The number of anilines is 2. The second kappa shape index (κ2) is 9.35. The molecule has 0 fully saturated rings. The number of hydrogen-bond donors (Lipinski definition) is 3. The topological polar surface area (TPSA) is 82.6 Å². The van der Waals surface area contributed by atoms with Gasteiger partial charge in [0.05, 0.1) is 29.9 Å². The van der Waals surface area contributed by atoms with E-state index in [2.05, 4.69) is 51.0 Å². The second-order valence-electron chi connectivity index (χ2n) is 8.45. The second-order valence-corrected chi connectivity index (χ2v) is 8.45. The number of furan rings is 1. The van der Waals surface area contributed by atoms with Gasteiger partial charge in [0.1, 0.15) is 0 Å². The molecule has 6 heteroatoms. The molecule has 0 amide bonds. The quantitative estimate of drug-likeness (QED) is 0.229. The van der Waals surface area contributed by atoms with Crippen LogP contribution >= 0.6 is 0 Å². The van der Waals surface area contributed by atoms with Crippen LogP contribution in [0.4, 0.5) is 17.1 Å². The molecule has 5 rings (SSSR count). The number of aromatic amines is 1. The van der Waals surface area contributed by atoms with Gasteiger partial charge < -0.3 is 25.4 Å². The van der Waals surface area contributed by atoms with Gasteiger partial charge in [0.2, 0.25) is 0 Å². The van der Waals surface area contributed by atoms with Crippen LogP contribution in [-0.4, -0.2) is 22.6 Å². The van der Waals surface area contributed by atoms with Crippen LogP contribution in [0.2, 0.25) is 0 Å². The average molecular weight is 452 g/mol. The number of nitrogens with one attached hydrogen (secondary N) is 2. The first-order chi connectivity index (χ1) is 16.6. The Morgan fingerprint density at radius 1 is 1.26 bits per heavy atom. The largest absolute Gasteiger partial charge is 0.462 e. The maximum atomic E-state index is 6.07. The van der Waals surface area contributed by atoms with Crippen LogP contribution in [-0.2, 0) is 19.5 Å². The third-order valence-electron chi connectivity index (χ3n) is 6.28. The van der Waals surface area contributed by atoms with Gasteiger partial charge in [-0.15, -0.1) is 0 Å². The van der Waals surface area contributed by atoms with Crippen LogP contribution in [0.3, 0.4) is 0 Å². The number of rotatable bonds is 7. The number of nitrogens with two attached hydrogens (primary N) is 1. The number of fused-ring (bicyclic) bond motifs is 3. The molecular weight excluding hydrogens is 422 g/mol. The highest BCUT2D eigenvalue weighted by Gasteiger charge is 2.24. The van der Waals surface area contributed by atoms with Crippen LogP contribution in [0.1, 0.15) is 29.5 Å². The number of allylic oxidation sites excluding steroid dienone is 2. The van der Waals surface area contributed by atoms with E-state index in [-0.39, 0.29) is 0 Å². The molecule has 4 aromatic rings. The van der Waals surface area contributed by atoms with E-state index in [1.54, 1.807) is 12.5 Å². The molecule has 0 saturated carbocycles. The molecule has 0 saturated heterocycles. The van der Waals surface area contributed by atoms with E-state index in [1.807, 2.05) is 43.3 Å². The fraction of sp³-hybridized carbons (Fsp3) is 0.179. The van der Waals surface area contributed by atoms with Gasteiger partial charge in [0.25, 0.3) is 0 Å².